The molecule has 1 unspecified atom stereocenters. The van der Waals surface area contributed by atoms with Crippen LogP contribution in [0.4, 0.5) is 0 Å². The Balaban J connectivity index is 2.10. The van der Waals surface area contributed by atoms with Crippen LogP contribution >= 0.6 is 0 Å². The number of piperidine rings is 1. The SMILES string of the molecule is CCOC1CCCN(C(=O)c2ccccc2OC)C1. The Kier molecular flexibility index (Phi) is 4.80. The molecule has 0 aliphatic carbocycles. The minimum absolute atomic E-state index is 0.0295. The highest BCUT2D eigenvalue weighted by Crippen LogP contribution is 2.22. The summed E-state index contributed by atoms with van der Waals surface area (Å²) in [6.07, 6.45) is 2.19. The lowest BCUT2D eigenvalue weighted by molar-refractivity contribution is 0.00714. The van der Waals surface area contributed by atoms with Gasteiger partial charge in [-0.15, -0.1) is 0 Å². The van der Waals surface area contributed by atoms with E-state index in [1.165, 1.54) is 0 Å². The van der Waals surface area contributed by atoms with E-state index in [9.17, 15) is 4.79 Å². The van der Waals surface area contributed by atoms with E-state index >= 15 is 0 Å². The van der Waals surface area contributed by atoms with Gasteiger partial charge in [0.05, 0.1) is 18.8 Å². The summed E-state index contributed by atoms with van der Waals surface area (Å²) in [4.78, 5) is 14.4. The molecule has 1 amide bonds. The monoisotopic (exact) mass is 263 g/mol. The summed E-state index contributed by atoms with van der Waals surface area (Å²) in [7, 11) is 1.59. The predicted octanol–water partition coefficient (Wildman–Crippen LogP) is 2.34. The molecule has 2 rings (SSSR count). The van der Waals surface area contributed by atoms with E-state index in [1.807, 2.05) is 36.1 Å². The van der Waals surface area contributed by atoms with Crippen LogP contribution in [0.5, 0.6) is 5.75 Å². The number of para-hydroxylation sites is 1. The Labute approximate surface area is 114 Å². The average Bonchev–Trinajstić information content (AvgIpc) is 2.47. The fourth-order valence-corrected chi connectivity index (χ4v) is 2.49. The van der Waals surface area contributed by atoms with E-state index in [0.29, 0.717) is 24.5 Å². The highest BCUT2D eigenvalue weighted by Gasteiger charge is 2.26. The molecule has 1 fully saturated rings. The number of amides is 1. The first-order chi connectivity index (χ1) is 9.26. The Morgan fingerprint density at radius 1 is 1.42 bits per heavy atom. The first-order valence-corrected chi connectivity index (χ1v) is 6.80. The lowest BCUT2D eigenvalue weighted by atomic mass is 10.1. The molecule has 4 nitrogen and oxygen atoms in total. The highest BCUT2D eigenvalue weighted by atomic mass is 16.5. The van der Waals surface area contributed by atoms with Crippen molar-refractivity contribution in [3.05, 3.63) is 29.8 Å². The first-order valence-electron chi connectivity index (χ1n) is 6.80. The van der Waals surface area contributed by atoms with Crippen LogP contribution in [0, 0.1) is 0 Å². The maximum atomic E-state index is 12.5. The Hall–Kier alpha value is -1.55. The normalized spacial score (nSPS) is 19.3. The molecule has 104 valence electrons. The van der Waals surface area contributed by atoms with Crippen molar-refractivity contribution in [3.63, 3.8) is 0 Å². The third-order valence-electron chi connectivity index (χ3n) is 3.41. The van der Waals surface area contributed by atoms with Gasteiger partial charge in [-0.05, 0) is 31.9 Å². The predicted molar refractivity (Wildman–Crippen MR) is 73.5 cm³/mol. The summed E-state index contributed by atoms with van der Waals surface area (Å²) in [6, 6.07) is 7.36. The van der Waals surface area contributed by atoms with E-state index in [-0.39, 0.29) is 12.0 Å². The third kappa shape index (κ3) is 3.26. The second-order valence-corrected chi connectivity index (χ2v) is 4.67. The van der Waals surface area contributed by atoms with Gasteiger partial charge in [0, 0.05) is 19.7 Å². The molecule has 1 heterocycles. The van der Waals surface area contributed by atoms with Crippen molar-refractivity contribution in [2.75, 3.05) is 26.8 Å². The molecule has 0 saturated carbocycles. The van der Waals surface area contributed by atoms with Gasteiger partial charge in [0.1, 0.15) is 5.75 Å². The molecule has 4 heteroatoms. The minimum atomic E-state index is 0.0295. The van der Waals surface area contributed by atoms with Crippen LogP contribution in [0.15, 0.2) is 24.3 Å². The molecule has 0 bridgehead atoms. The number of carbonyl (C=O) groups excluding carboxylic acids is 1. The summed E-state index contributed by atoms with van der Waals surface area (Å²) in [5.74, 6) is 0.660. The molecule has 1 atom stereocenters. The molecule has 0 spiro atoms. The maximum Gasteiger partial charge on any atom is 0.257 e. The Morgan fingerprint density at radius 3 is 2.95 bits per heavy atom. The second-order valence-electron chi connectivity index (χ2n) is 4.67. The molecule has 1 aliphatic heterocycles. The van der Waals surface area contributed by atoms with Crippen LogP contribution in [0.2, 0.25) is 0 Å². The molecule has 19 heavy (non-hydrogen) atoms. The Bertz CT molecular complexity index is 431. The molecule has 0 radical (unpaired) electrons. The summed E-state index contributed by atoms with van der Waals surface area (Å²) in [5.41, 5.74) is 0.627. The number of benzene rings is 1. The zero-order valence-corrected chi connectivity index (χ0v) is 11.6. The molecular formula is C15H21NO3. The van der Waals surface area contributed by atoms with Crippen molar-refractivity contribution in [2.24, 2.45) is 0 Å². The standard InChI is InChI=1S/C15H21NO3/c1-3-19-12-7-6-10-16(11-12)15(17)13-8-4-5-9-14(13)18-2/h4-5,8-9,12H,3,6-7,10-11H2,1-2H3. The highest BCUT2D eigenvalue weighted by molar-refractivity contribution is 5.97. The minimum Gasteiger partial charge on any atom is -0.496 e. The molecular weight excluding hydrogens is 242 g/mol. The van der Waals surface area contributed by atoms with Gasteiger partial charge in [0.15, 0.2) is 0 Å². The van der Waals surface area contributed by atoms with Gasteiger partial charge < -0.3 is 14.4 Å². The quantitative estimate of drug-likeness (QED) is 0.837. The van der Waals surface area contributed by atoms with Crippen LogP contribution in [-0.4, -0.2) is 43.7 Å². The van der Waals surface area contributed by atoms with Gasteiger partial charge >= 0.3 is 0 Å². The van der Waals surface area contributed by atoms with Crippen LogP contribution in [0.1, 0.15) is 30.1 Å². The van der Waals surface area contributed by atoms with Crippen molar-refractivity contribution in [1.82, 2.24) is 4.90 Å². The van der Waals surface area contributed by atoms with E-state index in [2.05, 4.69) is 0 Å². The lowest BCUT2D eigenvalue weighted by Crippen LogP contribution is -2.43. The summed E-state index contributed by atoms with van der Waals surface area (Å²) >= 11 is 0. The molecule has 0 N–H and O–H groups in total. The van der Waals surface area contributed by atoms with Crippen molar-refractivity contribution < 1.29 is 14.3 Å². The van der Waals surface area contributed by atoms with Gasteiger partial charge in [-0.3, -0.25) is 4.79 Å². The number of methoxy groups -OCH3 is 1. The average molecular weight is 263 g/mol. The molecule has 1 aliphatic rings. The van der Waals surface area contributed by atoms with Gasteiger partial charge in [0.2, 0.25) is 0 Å². The second kappa shape index (κ2) is 6.57. The number of rotatable bonds is 4. The molecule has 1 saturated heterocycles. The van der Waals surface area contributed by atoms with Gasteiger partial charge in [-0.1, -0.05) is 12.1 Å². The molecule has 0 aromatic heterocycles. The topological polar surface area (TPSA) is 38.8 Å². The van der Waals surface area contributed by atoms with E-state index in [0.717, 1.165) is 19.4 Å². The van der Waals surface area contributed by atoms with E-state index in [1.54, 1.807) is 7.11 Å². The smallest absolute Gasteiger partial charge is 0.257 e. The fourth-order valence-electron chi connectivity index (χ4n) is 2.49. The van der Waals surface area contributed by atoms with Crippen LogP contribution in [-0.2, 0) is 4.74 Å². The van der Waals surface area contributed by atoms with Gasteiger partial charge in [-0.25, -0.2) is 0 Å². The third-order valence-corrected chi connectivity index (χ3v) is 3.41. The number of ether oxygens (including phenoxy) is 2. The van der Waals surface area contributed by atoms with Crippen molar-refractivity contribution >= 4 is 5.91 Å². The van der Waals surface area contributed by atoms with Crippen molar-refractivity contribution in [3.8, 4) is 5.75 Å². The number of carbonyl (C=O) groups is 1. The zero-order chi connectivity index (χ0) is 13.7. The largest absolute Gasteiger partial charge is 0.496 e. The van der Waals surface area contributed by atoms with Gasteiger partial charge in [0.25, 0.3) is 5.91 Å². The molecule has 1 aromatic rings. The number of nitrogens with zero attached hydrogens (tertiary/aromatic N) is 1. The van der Waals surface area contributed by atoms with Crippen LogP contribution in [0.3, 0.4) is 0 Å². The summed E-state index contributed by atoms with van der Waals surface area (Å²) in [6.45, 7) is 4.15. The Morgan fingerprint density at radius 2 is 2.21 bits per heavy atom. The maximum absolute atomic E-state index is 12.5. The zero-order valence-electron chi connectivity index (χ0n) is 11.6. The summed E-state index contributed by atoms with van der Waals surface area (Å²) < 4.78 is 10.9. The van der Waals surface area contributed by atoms with Crippen LogP contribution in [0.25, 0.3) is 0 Å². The van der Waals surface area contributed by atoms with E-state index < -0.39 is 0 Å². The number of hydrogen-bond donors (Lipinski definition) is 0. The van der Waals surface area contributed by atoms with Crippen molar-refractivity contribution in [2.45, 2.75) is 25.9 Å². The van der Waals surface area contributed by atoms with E-state index in [4.69, 9.17) is 9.47 Å². The van der Waals surface area contributed by atoms with Gasteiger partial charge in [-0.2, -0.15) is 0 Å². The van der Waals surface area contributed by atoms with Crippen LogP contribution < -0.4 is 4.74 Å². The fraction of sp³-hybridized carbons (Fsp3) is 0.533. The summed E-state index contributed by atoms with van der Waals surface area (Å²) in [5, 5.41) is 0. The van der Waals surface area contributed by atoms with Crippen molar-refractivity contribution in [1.29, 1.82) is 0 Å². The lowest BCUT2D eigenvalue weighted by Gasteiger charge is -2.32. The number of likely N-dealkylation sites (tertiary alicyclic amines) is 1. The number of hydrogen-bond acceptors (Lipinski definition) is 3. The first kappa shape index (κ1) is 13.9. The molecule has 1 aromatic carbocycles.